The molecule has 4 heteroatoms. The fourth-order valence-corrected chi connectivity index (χ4v) is 1.26. The molecule has 0 fully saturated rings. The molecule has 0 heterocycles. The Morgan fingerprint density at radius 1 is 1.24 bits per heavy atom. The number of carbonyl (C=O) groups excluding carboxylic acids is 1. The quantitative estimate of drug-likeness (QED) is 0.253. The normalized spacial score (nSPS) is 10.6. The van der Waals surface area contributed by atoms with Crippen molar-refractivity contribution in [2.24, 2.45) is 0 Å². The third-order valence-corrected chi connectivity index (χ3v) is 2.85. The third-order valence-electron chi connectivity index (χ3n) is 2.85. The van der Waals surface area contributed by atoms with Crippen molar-refractivity contribution < 1.29 is 26.4 Å². The van der Waals surface area contributed by atoms with Crippen LogP contribution in [0.1, 0.15) is 33.1 Å². The zero-order valence-corrected chi connectivity index (χ0v) is 12.3. The molecule has 0 amide bonds. The Morgan fingerprint density at radius 2 is 1.82 bits per heavy atom. The van der Waals surface area contributed by atoms with Crippen molar-refractivity contribution in [3.63, 3.8) is 0 Å². The summed E-state index contributed by atoms with van der Waals surface area (Å²) in [6.45, 7) is 10.3. The lowest BCUT2D eigenvalue weighted by atomic mass is 10.2. The molecule has 0 saturated heterocycles. The summed E-state index contributed by atoms with van der Waals surface area (Å²) in [6, 6.07) is 0. The number of unbranched alkanes of at least 4 members (excludes halogenated alkanes) is 2. The van der Waals surface area contributed by atoms with Crippen LogP contribution in [0.3, 0.4) is 0 Å². The Morgan fingerprint density at radius 3 is 2.29 bits per heavy atom. The van der Waals surface area contributed by atoms with E-state index in [0.717, 1.165) is 23.9 Å². The Balaban J connectivity index is 0. The van der Waals surface area contributed by atoms with Crippen LogP contribution < -0.4 is 12.4 Å². The summed E-state index contributed by atoms with van der Waals surface area (Å²) in [5.74, 6) is -0.273. The summed E-state index contributed by atoms with van der Waals surface area (Å²) >= 11 is 0. The van der Waals surface area contributed by atoms with E-state index in [1.165, 1.54) is 13.0 Å². The number of hydrogen-bond acceptors (Lipinski definition) is 2. The maximum Gasteiger partial charge on any atom is 0.333 e. The SMILES string of the molecule is C=C(C)C(=O)OCCCCC[N+](C)(C)CC.[Cl-]. The summed E-state index contributed by atoms with van der Waals surface area (Å²) < 4.78 is 6.08. The molecular weight excluding hydrogens is 238 g/mol. The van der Waals surface area contributed by atoms with Gasteiger partial charge >= 0.3 is 5.97 Å². The van der Waals surface area contributed by atoms with E-state index in [1.54, 1.807) is 6.92 Å². The highest BCUT2D eigenvalue weighted by atomic mass is 35.5. The van der Waals surface area contributed by atoms with E-state index in [-0.39, 0.29) is 18.4 Å². The number of hydrogen-bond donors (Lipinski definition) is 0. The standard InChI is InChI=1S/C13H26NO2.ClH/c1-6-14(4,5)10-8-7-9-11-16-13(15)12(2)3;/h2,6-11H2,1,3-5H3;1H/q+1;/p-1. The fourth-order valence-electron chi connectivity index (χ4n) is 1.26. The number of rotatable bonds is 8. The molecule has 0 bridgehead atoms. The minimum absolute atomic E-state index is 0. The zero-order chi connectivity index (χ0) is 12.6. The minimum Gasteiger partial charge on any atom is -1.00 e. The number of nitrogens with zero attached hydrogens (tertiary/aromatic N) is 1. The van der Waals surface area contributed by atoms with Crippen LogP contribution >= 0.6 is 0 Å². The molecule has 0 aromatic heterocycles. The largest absolute Gasteiger partial charge is 1.00 e. The van der Waals surface area contributed by atoms with Gasteiger partial charge in [0, 0.05) is 5.57 Å². The molecule has 3 nitrogen and oxygen atoms in total. The summed E-state index contributed by atoms with van der Waals surface area (Å²) in [6.07, 6.45) is 3.25. The van der Waals surface area contributed by atoms with Crippen LogP contribution in [0.2, 0.25) is 0 Å². The predicted molar refractivity (Wildman–Crippen MR) is 67.1 cm³/mol. The Hall–Kier alpha value is -0.540. The monoisotopic (exact) mass is 263 g/mol. The number of ether oxygens (including phenoxy) is 1. The van der Waals surface area contributed by atoms with E-state index in [9.17, 15) is 4.79 Å². The average Bonchev–Trinajstić information content (AvgIpc) is 2.22. The fraction of sp³-hybridized carbons (Fsp3) is 0.769. The van der Waals surface area contributed by atoms with E-state index >= 15 is 0 Å². The lowest BCUT2D eigenvalue weighted by molar-refractivity contribution is -0.888. The van der Waals surface area contributed by atoms with Gasteiger partial charge in [0.2, 0.25) is 0 Å². The first kappa shape index (κ1) is 18.8. The van der Waals surface area contributed by atoms with Gasteiger partial charge in [-0.2, -0.15) is 0 Å². The highest BCUT2D eigenvalue weighted by Crippen LogP contribution is 2.04. The molecule has 0 unspecified atom stereocenters. The van der Waals surface area contributed by atoms with Gasteiger partial charge in [-0.25, -0.2) is 4.79 Å². The van der Waals surface area contributed by atoms with Gasteiger partial charge < -0.3 is 21.6 Å². The average molecular weight is 264 g/mol. The van der Waals surface area contributed by atoms with E-state index in [1.807, 2.05) is 0 Å². The highest BCUT2D eigenvalue weighted by Gasteiger charge is 2.10. The van der Waals surface area contributed by atoms with Crippen molar-refractivity contribution in [3.8, 4) is 0 Å². The number of halogens is 1. The van der Waals surface area contributed by atoms with E-state index in [2.05, 4.69) is 27.6 Å². The molecular formula is C13H26ClNO2. The van der Waals surface area contributed by atoms with Crippen molar-refractivity contribution in [2.75, 3.05) is 33.8 Å². The number of carbonyl (C=O) groups is 1. The third kappa shape index (κ3) is 10.3. The second-order valence-corrected chi connectivity index (χ2v) is 4.95. The van der Waals surface area contributed by atoms with Crippen LogP contribution in [0.4, 0.5) is 0 Å². The molecule has 0 rings (SSSR count). The Labute approximate surface area is 112 Å². The van der Waals surface area contributed by atoms with Crippen LogP contribution in [-0.2, 0) is 9.53 Å². The van der Waals surface area contributed by atoms with Crippen molar-refractivity contribution in [1.82, 2.24) is 0 Å². The molecule has 0 atom stereocenters. The molecule has 0 aliphatic rings. The predicted octanol–water partition coefficient (Wildman–Crippen LogP) is -0.624. The maximum atomic E-state index is 11.1. The van der Waals surface area contributed by atoms with Crippen LogP contribution in [0.5, 0.6) is 0 Å². The smallest absolute Gasteiger partial charge is 0.333 e. The van der Waals surface area contributed by atoms with Gasteiger partial charge in [0.1, 0.15) is 0 Å². The molecule has 0 radical (unpaired) electrons. The Kier molecular flexibility index (Phi) is 10.5. The van der Waals surface area contributed by atoms with Gasteiger partial charge in [-0.15, -0.1) is 0 Å². The molecule has 0 aliphatic heterocycles. The number of quaternary nitrogens is 1. The molecule has 0 spiro atoms. The van der Waals surface area contributed by atoms with Gasteiger partial charge in [0.05, 0.1) is 33.8 Å². The topological polar surface area (TPSA) is 26.3 Å². The lowest BCUT2D eigenvalue weighted by Crippen LogP contribution is -3.00. The van der Waals surface area contributed by atoms with Gasteiger partial charge in [0.15, 0.2) is 0 Å². The maximum absolute atomic E-state index is 11.1. The molecule has 0 aliphatic carbocycles. The van der Waals surface area contributed by atoms with E-state index in [4.69, 9.17) is 4.74 Å². The summed E-state index contributed by atoms with van der Waals surface area (Å²) in [5, 5.41) is 0. The van der Waals surface area contributed by atoms with Gasteiger partial charge in [-0.3, -0.25) is 0 Å². The Bertz CT molecular complexity index is 240. The van der Waals surface area contributed by atoms with Crippen LogP contribution in [0.25, 0.3) is 0 Å². The summed E-state index contributed by atoms with van der Waals surface area (Å²) in [5.41, 5.74) is 0.476. The van der Waals surface area contributed by atoms with Crippen LogP contribution in [-0.4, -0.2) is 44.2 Å². The minimum atomic E-state index is -0.273. The van der Waals surface area contributed by atoms with Crippen LogP contribution in [0, 0.1) is 0 Å². The second kappa shape index (κ2) is 9.49. The molecule has 0 aromatic rings. The van der Waals surface area contributed by atoms with Gasteiger partial charge in [0.25, 0.3) is 0 Å². The van der Waals surface area contributed by atoms with Gasteiger partial charge in [-0.05, 0) is 33.1 Å². The van der Waals surface area contributed by atoms with Crippen LogP contribution in [0.15, 0.2) is 12.2 Å². The molecule has 0 N–H and O–H groups in total. The first-order valence-electron chi connectivity index (χ1n) is 6.03. The van der Waals surface area contributed by atoms with Crippen molar-refractivity contribution >= 4 is 5.97 Å². The second-order valence-electron chi connectivity index (χ2n) is 4.95. The molecule has 102 valence electrons. The molecule has 17 heavy (non-hydrogen) atoms. The first-order valence-corrected chi connectivity index (χ1v) is 6.03. The number of esters is 1. The van der Waals surface area contributed by atoms with E-state index in [0.29, 0.717) is 12.2 Å². The summed E-state index contributed by atoms with van der Waals surface area (Å²) in [7, 11) is 4.47. The lowest BCUT2D eigenvalue weighted by Gasteiger charge is -2.28. The van der Waals surface area contributed by atoms with Crippen molar-refractivity contribution in [1.29, 1.82) is 0 Å². The van der Waals surface area contributed by atoms with E-state index < -0.39 is 0 Å². The highest BCUT2D eigenvalue weighted by molar-refractivity contribution is 5.86. The van der Waals surface area contributed by atoms with Crippen molar-refractivity contribution in [2.45, 2.75) is 33.1 Å². The van der Waals surface area contributed by atoms with Gasteiger partial charge in [-0.1, -0.05) is 6.58 Å². The zero-order valence-electron chi connectivity index (χ0n) is 11.6. The molecule has 0 saturated carbocycles. The summed E-state index contributed by atoms with van der Waals surface area (Å²) in [4.78, 5) is 11.1. The van der Waals surface area contributed by atoms with Crippen molar-refractivity contribution in [3.05, 3.63) is 12.2 Å². The first-order chi connectivity index (χ1) is 7.39. The molecule has 0 aromatic carbocycles.